The minimum atomic E-state index is -0.528. The smallest absolute Gasteiger partial charge is 0.339 e. The first kappa shape index (κ1) is 20.0. The van der Waals surface area contributed by atoms with Gasteiger partial charge in [-0.3, -0.25) is 4.79 Å². The number of carbonyl (C=O) groups is 2. The molecule has 0 spiro atoms. The second-order valence-electron chi connectivity index (χ2n) is 6.23. The minimum Gasteiger partial charge on any atom is -0.465 e. The Bertz CT molecular complexity index is 989. The number of esters is 1. The van der Waals surface area contributed by atoms with Crippen molar-refractivity contribution in [3.8, 4) is 0 Å². The molecule has 2 N–H and O–H groups in total. The van der Waals surface area contributed by atoms with Crippen LogP contribution < -0.4 is 10.6 Å². The molecule has 0 atom stereocenters. The van der Waals surface area contributed by atoms with Crippen LogP contribution in [0.15, 0.2) is 66.9 Å². The summed E-state index contributed by atoms with van der Waals surface area (Å²) in [6.07, 6.45) is 2.17. The fraction of sp³-hybridized carbons (Fsp3) is 0.136. The number of hydrogen-bond acceptors (Lipinski definition) is 5. The van der Waals surface area contributed by atoms with E-state index < -0.39 is 5.97 Å². The largest absolute Gasteiger partial charge is 0.465 e. The average molecular weight is 393 g/mol. The number of nitrogens with one attached hydrogen (secondary N) is 2. The lowest BCUT2D eigenvalue weighted by atomic mass is 10.1. The van der Waals surface area contributed by atoms with E-state index in [1.54, 1.807) is 48.5 Å². The summed E-state index contributed by atoms with van der Waals surface area (Å²) in [7, 11) is 1.28. The van der Waals surface area contributed by atoms with Crippen LogP contribution in [0.2, 0.25) is 0 Å². The van der Waals surface area contributed by atoms with Gasteiger partial charge in [0, 0.05) is 12.7 Å². The van der Waals surface area contributed by atoms with E-state index in [1.165, 1.54) is 25.4 Å². The molecule has 3 rings (SSSR count). The Labute approximate surface area is 167 Å². The highest BCUT2D eigenvalue weighted by atomic mass is 19.1. The summed E-state index contributed by atoms with van der Waals surface area (Å²) in [6, 6.07) is 16.3. The van der Waals surface area contributed by atoms with Crippen LogP contribution in [0.3, 0.4) is 0 Å². The maximum absolute atomic E-state index is 12.9. The standard InChI is InChI=1S/C22H20FN3O3/c1-29-22(28)18-4-2-3-5-19(18)26-21(27)16-8-11-20(25-14-16)24-13-12-15-6-9-17(23)10-7-15/h2-11,14H,12-13H2,1H3,(H,24,25)(H,26,27). The number of rotatable bonds is 7. The molecule has 0 aliphatic carbocycles. The molecule has 29 heavy (non-hydrogen) atoms. The SMILES string of the molecule is COC(=O)c1ccccc1NC(=O)c1ccc(NCCc2ccc(F)cc2)nc1. The molecule has 6 nitrogen and oxygen atoms in total. The molecule has 0 radical (unpaired) electrons. The monoisotopic (exact) mass is 393 g/mol. The molecule has 3 aromatic rings. The zero-order chi connectivity index (χ0) is 20.6. The van der Waals surface area contributed by atoms with Crippen LogP contribution in [-0.2, 0) is 11.2 Å². The fourth-order valence-corrected chi connectivity index (χ4v) is 2.69. The van der Waals surface area contributed by atoms with Crippen molar-refractivity contribution in [1.29, 1.82) is 0 Å². The summed E-state index contributed by atoms with van der Waals surface area (Å²) in [5.74, 6) is -0.545. The topological polar surface area (TPSA) is 80.3 Å². The number of hydrogen-bond donors (Lipinski definition) is 2. The molecule has 7 heteroatoms. The Balaban J connectivity index is 1.58. The van der Waals surface area contributed by atoms with Gasteiger partial charge in [0.2, 0.25) is 0 Å². The van der Waals surface area contributed by atoms with Crippen LogP contribution >= 0.6 is 0 Å². The van der Waals surface area contributed by atoms with E-state index in [9.17, 15) is 14.0 Å². The predicted octanol–water partition coefficient (Wildman–Crippen LogP) is 3.91. The second-order valence-corrected chi connectivity index (χ2v) is 6.23. The van der Waals surface area contributed by atoms with E-state index in [1.807, 2.05) is 0 Å². The quantitative estimate of drug-likeness (QED) is 0.595. The lowest BCUT2D eigenvalue weighted by Gasteiger charge is -2.10. The summed E-state index contributed by atoms with van der Waals surface area (Å²) in [5.41, 5.74) is 2.01. The van der Waals surface area contributed by atoms with Crippen LogP contribution in [0.5, 0.6) is 0 Å². The van der Waals surface area contributed by atoms with Gasteiger partial charge in [0.15, 0.2) is 0 Å². The van der Waals surface area contributed by atoms with Gasteiger partial charge in [0.05, 0.1) is 23.9 Å². The molecule has 2 aromatic carbocycles. The van der Waals surface area contributed by atoms with Gasteiger partial charge in [0.25, 0.3) is 5.91 Å². The number of halogens is 1. The van der Waals surface area contributed by atoms with Crippen LogP contribution in [0.1, 0.15) is 26.3 Å². The average Bonchev–Trinajstić information content (AvgIpc) is 2.75. The highest BCUT2D eigenvalue weighted by Gasteiger charge is 2.14. The lowest BCUT2D eigenvalue weighted by molar-refractivity contribution is 0.0602. The third kappa shape index (κ3) is 5.38. The van der Waals surface area contributed by atoms with E-state index in [0.29, 0.717) is 30.0 Å². The van der Waals surface area contributed by atoms with Crippen molar-refractivity contribution in [2.75, 3.05) is 24.3 Å². The molecule has 0 fully saturated rings. The molecule has 148 valence electrons. The number of aromatic nitrogens is 1. The zero-order valence-corrected chi connectivity index (χ0v) is 15.8. The number of ether oxygens (including phenoxy) is 1. The van der Waals surface area contributed by atoms with E-state index >= 15 is 0 Å². The number of amides is 1. The van der Waals surface area contributed by atoms with Crippen LogP contribution in [0.4, 0.5) is 15.9 Å². The van der Waals surface area contributed by atoms with Gasteiger partial charge in [-0.2, -0.15) is 0 Å². The normalized spacial score (nSPS) is 10.3. The molecule has 0 saturated heterocycles. The van der Waals surface area contributed by atoms with E-state index in [0.717, 1.165) is 5.56 Å². The molecule has 0 unspecified atom stereocenters. The van der Waals surface area contributed by atoms with Crippen molar-refractivity contribution >= 4 is 23.4 Å². The number of pyridine rings is 1. The first-order chi connectivity index (χ1) is 14.1. The molecule has 0 aliphatic rings. The number of para-hydroxylation sites is 1. The Morgan fingerprint density at radius 2 is 1.79 bits per heavy atom. The number of anilines is 2. The van der Waals surface area contributed by atoms with Gasteiger partial charge in [-0.25, -0.2) is 14.2 Å². The number of benzene rings is 2. The molecule has 1 aromatic heterocycles. The first-order valence-electron chi connectivity index (χ1n) is 9.00. The first-order valence-corrected chi connectivity index (χ1v) is 9.00. The molecule has 1 amide bonds. The van der Waals surface area contributed by atoms with Gasteiger partial charge in [0.1, 0.15) is 11.6 Å². The Kier molecular flexibility index (Phi) is 6.52. The van der Waals surface area contributed by atoms with Crippen LogP contribution in [0.25, 0.3) is 0 Å². The van der Waals surface area contributed by atoms with Crippen molar-refractivity contribution in [3.63, 3.8) is 0 Å². The predicted molar refractivity (Wildman–Crippen MR) is 109 cm³/mol. The summed E-state index contributed by atoms with van der Waals surface area (Å²) in [5, 5.41) is 5.86. The van der Waals surface area contributed by atoms with E-state index in [2.05, 4.69) is 15.6 Å². The van der Waals surface area contributed by atoms with Crippen molar-refractivity contribution in [1.82, 2.24) is 4.98 Å². The van der Waals surface area contributed by atoms with Crippen LogP contribution in [0, 0.1) is 5.82 Å². The number of carbonyl (C=O) groups excluding carboxylic acids is 2. The van der Waals surface area contributed by atoms with Crippen molar-refractivity contribution in [3.05, 3.63) is 89.4 Å². The zero-order valence-electron chi connectivity index (χ0n) is 15.8. The summed E-state index contributed by atoms with van der Waals surface area (Å²) in [4.78, 5) is 28.5. The Morgan fingerprint density at radius 3 is 2.48 bits per heavy atom. The molecule has 1 heterocycles. The molecular weight excluding hydrogens is 373 g/mol. The third-order valence-electron chi connectivity index (χ3n) is 4.24. The van der Waals surface area contributed by atoms with E-state index in [-0.39, 0.29) is 17.3 Å². The summed E-state index contributed by atoms with van der Waals surface area (Å²) >= 11 is 0. The minimum absolute atomic E-state index is 0.258. The fourth-order valence-electron chi connectivity index (χ4n) is 2.69. The van der Waals surface area contributed by atoms with Gasteiger partial charge in [-0.15, -0.1) is 0 Å². The maximum Gasteiger partial charge on any atom is 0.339 e. The summed E-state index contributed by atoms with van der Waals surface area (Å²) < 4.78 is 17.6. The van der Waals surface area contributed by atoms with Gasteiger partial charge >= 0.3 is 5.97 Å². The van der Waals surface area contributed by atoms with Crippen molar-refractivity contribution in [2.24, 2.45) is 0 Å². The van der Waals surface area contributed by atoms with Gasteiger partial charge in [-0.05, 0) is 48.4 Å². The lowest BCUT2D eigenvalue weighted by Crippen LogP contribution is -2.16. The van der Waals surface area contributed by atoms with Gasteiger partial charge < -0.3 is 15.4 Å². The maximum atomic E-state index is 12.9. The second kappa shape index (κ2) is 9.45. The van der Waals surface area contributed by atoms with Crippen molar-refractivity contribution in [2.45, 2.75) is 6.42 Å². The highest BCUT2D eigenvalue weighted by Crippen LogP contribution is 2.17. The van der Waals surface area contributed by atoms with Gasteiger partial charge in [-0.1, -0.05) is 24.3 Å². The number of nitrogens with zero attached hydrogens (tertiary/aromatic N) is 1. The Morgan fingerprint density at radius 1 is 1.03 bits per heavy atom. The molecule has 0 bridgehead atoms. The highest BCUT2D eigenvalue weighted by molar-refractivity contribution is 6.07. The molecular formula is C22H20FN3O3. The molecule has 0 aliphatic heterocycles. The van der Waals surface area contributed by atoms with Crippen LogP contribution in [-0.4, -0.2) is 30.5 Å². The van der Waals surface area contributed by atoms with E-state index in [4.69, 9.17) is 4.74 Å². The number of methoxy groups -OCH3 is 1. The van der Waals surface area contributed by atoms with Crippen molar-refractivity contribution < 1.29 is 18.7 Å². The third-order valence-corrected chi connectivity index (χ3v) is 4.24. The summed E-state index contributed by atoms with van der Waals surface area (Å²) in [6.45, 7) is 0.622. The Hall–Kier alpha value is -3.74. The molecule has 0 saturated carbocycles.